The number of carbonyl (C=O) groups is 2. The molecule has 164 valence electrons. The van der Waals surface area contributed by atoms with E-state index in [0.717, 1.165) is 5.56 Å². The SMILES string of the molecule is CC(=O)c1ccc(N2C(=O)c3oc4ccccc4c(=O)c3C2c2ccc(C(C)C)cc2)cc1. The van der Waals surface area contributed by atoms with Crippen LogP contribution < -0.4 is 10.3 Å². The Bertz CT molecular complexity index is 1450. The molecule has 1 unspecified atom stereocenters. The van der Waals surface area contributed by atoms with Crippen molar-refractivity contribution in [2.45, 2.75) is 32.7 Å². The summed E-state index contributed by atoms with van der Waals surface area (Å²) in [4.78, 5) is 40.5. The number of hydrogen-bond donors (Lipinski definition) is 0. The van der Waals surface area contributed by atoms with Gasteiger partial charge in [-0.15, -0.1) is 0 Å². The lowest BCUT2D eigenvalue weighted by Gasteiger charge is -2.25. The lowest BCUT2D eigenvalue weighted by Crippen LogP contribution is -2.29. The van der Waals surface area contributed by atoms with Crippen molar-refractivity contribution in [1.82, 2.24) is 0 Å². The molecule has 1 amide bonds. The monoisotopic (exact) mass is 437 g/mol. The number of Topliss-reactive ketones (excluding diaryl/α,β-unsaturated/α-hetero) is 1. The number of fused-ring (bicyclic) bond motifs is 2. The third kappa shape index (κ3) is 3.37. The summed E-state index contributed by atoms with van der Waals surface area (Å²) in [6.45, 7) is 5.74. The van der Waals surface area contributed by atoms with E-state index in [1.807, 2.05) is 24.3 Å². The van der Waals surface area contributed by atoms with Gasteiger partial charge in [-0.3, -0.25) is 19.3 Å². The van der Waals surface area contributed by atoms with E-state index in [1.54, 1.807) is 53.4 Å². The fourth-order valence-electron chi connectivity index (χ4n) is 4.42. The fourth-order valence-corrected chi connectivity index (χ4v) is 4.42. The summed E-state index contributed by atoms with van der Waals surface area (Å²) in [5.74, 6) is -0.00376. The van der Waals surface area contributed by atoms with Crippen molar-refractivity contribution in [2.75, 3.05) is 4.90 Å². The van der Waals surface area contributed by atoms with Crippen molar-refractivity contribution in [3.8, 4) is 0 Å². The molecule has 3 aromatic carbocycles. The van der Waals surface area contributed by atoms with Crippen molar-refractivity contribution < 1.29 is 14.0 Å². The first kappa shape index (κ1) is 20.9. The molecule has 0 bridgehead atoms. The van der Waals surface area contributed by atoms with Gasteiger partial charge in [0.25, 0.3) is 5.91 Å². The predicted octanol–water partition coefficient (Wildman–Crippen LogP) is 5.87. The molecule has 1 aliphatic heterocycles. The quantitative estimate of drug-likeness (QED) is 0.375. The van der Waals surface area contributed by atoms with Crippen molar-refractivity contribution in [3.63, 3.8) is 0 Å². The third-order valence-electron chi connectivity index (χ3n) is 6.25. The number of hydrogen-bond acceptors (Lipinski definition) is 4. The highest BCUT2D eigenvalue weighted by Crippen LogP contribution is 2.41. The molecule has 0 N–H and O–H groups in total. The van der Waals surface area contributed by atoms with E-state index in [4.69, 9.17) is 4.42 Å². The third-order valence-corrected chi connectivity index (χ3v) is 6.25. The summed E-state index contributed by atoms with van der Waals surface area (Å²) in [5.41, 5.74) is 3.67. The smallest absolute Gasteiger partial charge is 0.295 e. The van der Waals surface area contributed by atoms with Crippen molar-refractivity contribution in [1.29, 1.82) is 0 Å². The Labute approximate surface area is 191 Å². The Kier molecular flexibility index (Phi) is 4.97. The van der Waals surface area contributed by atoms with Crippen molar-refractivity contribution in [3.05, 3.63) is 111 Å². The van der Waals surface area contributed by atoms with Crippen molar-refractivity contribution in [2.24, 2.45) is 0 Å². The number of amides is 1. The zero-order chi connectivity index (χ0) is 23.3. The first-order valence-electron chi connectivity index (χ1n) is 11.0. The molecule has 4 aromatic rings. The van der Waals surface area contributed by atoms with Gasteiger partial charge in [-0.1, -0.05) is 50.2 Å². The van der Waals surface area contributed by atoms with Crippen LogP contribution in [0.4, 0.5) is 5.69 Å². The zero-order valence-electron chi connectivity index (χ0n) is 18.7. The van der Waals surface area contributed by atoms with Crippen LogP contribution in [-0.2, 0) is 0 Å². The van der Waals surface area contributed by atoms with Crippen LogP contribution in [0.3, 0.4) is 0 Å². The van der Waals surface area contributed by atoms with Crippen LogP contribution >= 0.6 is 0 Å². The summed E-state index contributed by atoms with van der Waals surface area (Å²) >= 11 is 0. The molecule has 0 aliphatic carbocycles. The summed E-state index contributed by atoms with van der Waals surface area (Å²) in [7, 11) is 0. The first-order chi connectivity index (χ1) is 15.9. The Morgan fingerprint density at radius 2 is 1.58 bits per heavy atom. The van der Waals surface area contributed by atoms with Crippen LogP contribution in [0.15, 0.2) is 82.0 Å². The molecular weight excluding hydrogens is 414 g/mol. The van der Waals surface area contributed by atoms with E-state index in [2.05, 4.69) is 13.8 Å². The molecular formula is C28H23NO4. The highest BCUT2D eigenvalue weighted by molar-refractivity contribution is 6.10. The largest absolute Gasteiger partial charge is 0.450 e. The molecule has 0 saturated carbocycles. The van der Waals surface area contributed by atoms with Crippen LogP contribution in [0.25, 0.3) is 11.0 Å². The Hall–Kier alpha value is -3.99. The van der Waals surface area contributed by atoms with Gasteiger partial charge in [0.1, 0.15) is 5.58 Å². The average molecular weight is 437 g/mol. The van der Waals surface area contributed by atoms with E-state index in [1.165, 1.54) is 12.5 Å². The first-order valence-corrected chi connectivity index (χ1v) is 11.0. The van der Waals surface area contributed by atoms with Crippen molar-refractivity contribution >= 4 is 28.3 Å². The van der Waals surface area contributed by atoms with Gasteiger partial charge in [0.2, 0.25) is 5.76 Å². The Morgan fingerprint density at radius 3 is 2.21 bits per heavy atom. The lowest BCUT2D eigenvalue weighted by molar-refractivity contribution is 0.0970. The maximum atomic E-state index is 13.6. The number of nitrogens with zero attached hydrogens (tertiary/aromatic N) is 1. The highest BCUT2D eigenvalue weighted by atomic mass is 16.3. The minimum atomic E-state index is -0.627. The topological polar surface area (TPSA) is 67.6 Å². The van der Waals surface area contributed by atoms with Gasteiger partial charge >= 0.3 is 0 Å². The second-order valence-corrected chi connectivity index (χ2v) is 8.67. The molecule has 0 spiro atoms. The minimum absolute atomic E-state index is 0.0542. The molecule has 5 nitrogen and oxygen atoms in total. The minimum Gasteiger partial charge on any atom is -0.450 e. The molecule has 1 aliphatic rings. The van der Waals surface area contributed by atoms with Gasteiger partial charge in [-0.25, -0.2) is 0 Å². The zero-order valence-corrected chi connectivity index (χ0v) is 18.7. The van der Waals surface area contributed by atoms with Gasteiger partial charge in [-0.2, -0.15) is 0 Å². The van der Waals surface area contributed by atoms with Gasteiger partial charge in [0.15, 0.2) is 11.2 Å². The normalized spacial score (nSPS) is 15.3. The molecule has 2 heterocycles. The molecule has 33 heavy (non-hydrogen) atoms. The van der Waals surface area contributed by atoms with Gasteiger partial charge in [-0.05, 0) is 60.4 Å². The maximum absolute atomic E-state index is 13.6. The number of benzene rings is 3. The molecule has 0 saturated heterocycles. The summed E-state index contributed by atoms with van der Waals surface area (Å²) in [5, 5.41) is 0.446. The predicted molar refractivity (Wildman–Crippen MR) is 128 cm³/mol. The lowest BCUT2D eigenvalue weighted by atomic mass is 9.95. The fraction of sp³-hybridized carbons (Fsp3) is 0.179. The Balaban J connectivity index is 1.74. The van der Waals surface area contributed by atoms with Gasteiger partial charge in [0, 0.05) is 11.3 Å². The average Bonchev–Trinajstić information content (AvgIpc) is 3.12. The molecule has 1 atom stereocenters. The molecule has 5 rings (SSSR count). The van der Waals surface area contributed by atoms with E-state index in [-0.39, 0.29) is 22.9 Å². The number of carbonyl (C=O) groups excluding carboxylic acids is 2. The summed E-state index contributed by atoms with van der Waals surface area (Å²) in [6.07, 6.45) is 0. The maximum Gasteiger partial charge on any atom is 0.295 e. The molecule has 1 aromatic heterocycles. The van der Waals surface area contributed by atoms with Crippen LogP contribution in [0.1, 0.15) is 70.3 Å². The van der Waals surface area contributed by atoms with Crippen LogP contribution in [0, 0.1) is 0 Å². The molecule has 5 heteroatoms. The second-order valence-electron chi connectivity index (χ2n) is 8.67. The summed E-state index contributed by atoms with van der Waals surface area (Å²) < 4.78 is 5.98. The highest BCUT2D eigenvalue weighted by Gasteiger charge is 2.43. The number of ketones is 1. The van der Waals surface area contributed by atoms with E-state index >= 15 is 0 Å². The van der Waals surface area contributed by atoms with Gasteiger partial charge in [0.05, 0.1) is 17.0 Å². The van der Waals surface area contributed by atoms with E-state index in [0.29, 0.717) is 33.7 Å². The van der Waals surface area contributed by atoms with E-state index in [9.17, 15) is 14.4 Å². The summed E-state index contributed by atoms with van der Waals surface area (Å²) in [6, 6.07) is 21.2. The van der Waals surface area contributed by atoms with Crippen LogP contribution in [0.2, 0.25) is 0 Å². The molecule has 0 radical (unpaired) electrons. The molecule has 0 fully saturated rings. The van der Waals surface area contributed by atoms with Crippen LogP contribution in [-0.4, -0.2) is 11.7 Å². The van der Waals surface area contributed by atoms with Crippen LogP contribution in [0.5, 0.6) is 0 Å². The second kappa shape index (κ2) is 7.85. The van der Waals surface area contributed by atoms with E-state index < -0.39 is 6.04 Å². The standard InChI is InChI=1S/C28H23NO4/c1-16(2)18-8-10-20(11-9-18)25-24-26(31)22-6-4-5-7-23(22)33-27(24)28(32)29(25)21-14-12-19(13-15-21)17(3)30/h4-16,25H,1-3H3. The number of anilines is 1. The number of rotatable bonds is 4. The Morgan fingerprint density at radius 1 is 0.909 bits per heavy atom. The number of para-hydroxylation sites is 1. The van der Waals surface area contributed by atoms with Gasteiger partial charge < -0.3 is 4.42 Å².